The molecule has 0 aromatic heterocycles. The summed E-state index contributed by atoms with van der Waals surface area (Å²) in [5, 5.41) is 5.56. The van der Waals surface area contributed by atoms with Gasteiger partial charge in [0.2, 0.25) is 5.91 Å². The van der Waals surface area contributed by atoms with Crippen LogP contribution >= 0.6 is 0 Å². The SMILES string of the molecule is Cc1cc(F)c(NC(=O)C2CCCNC2)cc1F. The molecule has 1 aliphatic rings. The first-order valence-corrected chi connectivity index (χ1v) is 6.05. The Morgan fingerprint density at radius 3 is 2.83 bits per heavy atom. The number of carbonyl (C=O) groups excluding carboxylic acids is 1. The number of anilines is 1. The summed E-state index contributed by atoms with van der Waals surface area (Å²) in [6.07, 6.45) is 1.69. The second-order valence-corrected chi connectivity index (χ2v) is 4.61. The van der Waals surface area contributed by atoms with Gasteiger partial charge in [0.05, 0.1) is 11.6 Å². The largest absolute Gasteiger partial charge is 0.323 e. The molecule has 1 aliphatic heterocycles. The summed E-state index contributed by atoms with van der Waals surface area (Å²) in [4.78, 5) is 11.9. The van der Waals surface area contributed by atoms with Crippen LogP contribution in [-0.2, 0) is 4.79 Å². The predicted molar refractivity (Wildman–Crippen MR) is 65.3 cm³/mol. The maximum absolute atomic E-state index is 13.6. The number of halogens is 2. The summed E-state index contributed by atoms with van der Waals surface area (Å²) in [7, 11) is 0. The molecule has 5 heteroatoms. The number of carbonyl (C=O) groups is 1. The van der Waals surface area contributed by atoms with Gasteiger partial charge in [0.15, 0.2) is 0 Å². The van der Waals surface area contributed by atoms with Crippen LogP contribution in [0.5, 0.6) is 0 Å². The molecule has 2 N–H and O–H groups in total. The van der Waals surface area contributed by atoms with Crippen LogP contribution in [0.1, 0.15) is 18.4 Å². The zero-order valence-electron chi connectivity index (χ0n) is 10.2. The molecule has 18 heavy (non-hydrogen) atoms. The number of nitrogens with one attached hydrogen (secondary N) is 2. The highest BCUT2D eigenvalue weighted by Crippen LogP contribution is 2.20. The molecule has 1 aromatic carbocycles. The molecular weight excluding hydrogens is 238 g/mol. The van der Waals surface area contributed by atoms with Crippen LogP contribution in [0, 0.1) is 24.5 Å². The number of amides is 1. The maximum Gasteiger partial charge on any atom is 0.228 e. The first-order chi connectivity index (χ1) is 8.58. The van der Waals surface area contributed by atoms with Crippen molar-refractivity contribution < 1.29 is 13.6 Å². The molecule has 0 radical (unpaired) electrons. The van der Waals surface area contributed by atoms with E-state index in [1.807, 2.05) is 0 Å². The van der Waals surface area contributed by atoms with Crippen molar-refractivity contribution in [3.8, 4) is 0 Å². The minimum atomic E-state index is -0.606. The highest BCUT2D eigenvalue weighted by molar-refractivity contribution is 5.92. The van der Waals surface area contributed by atoms with Crippen molar-refractivity contribution in [1.82, 2.24) is 5.32 Å². The van der Waals surface area contributed by atoms with Crippen LogP contribution in [0.2, 0.25) is 0 Å². The van der Waals surface area contributed by atoms with Crippen molar-refractivity contribution in [1.29, 1.82) is 0 Å². The molecule has 1 atom stereocenters. The molecule has 1 aromatic rings. The third-order valence-electron chi connectivity index (χ3n) is 3.17. The van der Waals surface area contributed by atoms with Crippen molar-refractivity contribution >= 4 is 11.6 Å². The second kappa shape index (κ2) is 5.44. The van der Waals surface area contributed by atoms with E-state index in [0.29, 0.717) is 6.54 Å². The number of hydrogen-bond acceptors (Lipinski definition) is 2. The third-order valence-corrected chi connectivity index (χ3v) is 3.17. The summed E-state index contributed by atoms with van der Waals surface area (Å²) >= 11 is 0. The Bertz CT molecular complexity index is 457. The van der Waals surface area contributed by atoms with Gasteiger partial charge >= 0.3 is 0 Å². The third kappa shape index (κ3) is 2.85. The normalized spacial score (nSPS) is 19.6. The van der Waals surface area contributed by atoms with E-state index in [1.54, 1.807) is 0 Å². The van der Waals surface area contributed by atoms with E-state index in [1.165, 1.54) is 6.92 Å². The Kier molecular flexibility index (Phi) is 3.91. The van der Waals surface area contributed by atoms with Crippen LogP contribution in [0.15, 0.2) is 12.1 Å². The van der Waals surface area contributed by atoms with Gasteiger partial charge in [-0.1, -0.05) is 0 Å². The standard InChI is InChI=1S/C13H16F2N2O/c1-8-5-11(15)12(6-10(8)14)17-13(18)9-3-2-4-16-7-9/h5-6,9,16H,2-4,7H2,1H3,(H,17,18). The van der Waals surface area contributed by atoms with E-state index in [-0.39, 0.29) is 23.1 Å². The molecule has 1 fully saturated rings. The predicted octanol–water partition coefficient (Wildman–Crippen LogP) is 2.21. The van der Waals surface area contributed by atoms with Crippen LogP contribution in [-0.4, -0.2) is 19.0 Å². The maximum atomic E-state index is 13.6. The molecule has 1 heterocycles. The molecule has 1 saturated heterocycles. The number of hydrogen-bond donors (Lipinski definition) is 2. The second-order valence-electron chi connectivity index (χ2n) is 4.61. The van der Waals surface area contributed by atoms with Crippen LogP contribution in [0.4, 0.5) is 14.5 Å². The zero-order valence-corrected chi connectivity index (χ0v) is 10.2. The minimum absolute atomic E-state index is 0.0892. The lowest BCUT2D eigenvalue weighted by molar-refractivity contribution is -0.120. The molecule has 2 rings (SSSR count). The van der Waals surface area contributed by atoms with Crippen molar-refractivity contribution in [2.75, 3.05) is 18.4 Å². The van der Waals surface area contributed by atoms with Gasteiger partial charge in [-0.25, -0.2) is 8.78 Å². The van der Waals surface area contributed by atoms with E-state index in [0.717, 1.165) is 31.5 Å². The summed E-state index contributed by atoms with van der Waals surface area (Å²) < 4.78 is 26.9. The minimum Gasteiger partial charge on any atom is -0.323 e. The quantitative estimate of drug-likeness (QED) is 0.849. The van der Waals surface area contributed by atoms with E-state index in [2.05, 4.69) is 10.6 Å². The fourth-order valence-corrected chi connectivity index (χ4v) is 2.05. The molecule has 98 valence electrons. The van der Waals surface area contributed by atoms with Gasteiger partial charge in [-0.3, -0.25) is 4.79 Å². The van der Waals surface area contributed by atoms with Gasteiger partial charge in [0, 0.05) is 12.6 Å². The van der Waals surface area contributed by atoms with Crippen molar-refractivity contribution in [2.45, 2.75) is 19.8 Å². The molecule has 0 aliphatic carbocycles. The molecule has 1 amide bonds. The van der Waals surface area contributed by atoms with Gasteiger partial charge < -0.3 is 10.6 Å². The fourth-order valence-electron chi connectivity index (χ4n) is 2.05. The Balaban J connectivity index is 2.08. The summed E-state index contributed by atoms with van der Waals surface area (Å²) in [6.45, 7) is 2.97. The number of piperidine rings is 1. The van der Waals surface area contributed by atoms with Crippen LogP contribution in [0.25, 0.3) is 0 Å². The lowest BCUT2D eigenvalue weighted by atomic mass is 9.99. The Labute approximate surface area is 105 Å². The van der Waals surface area contributed by atoms with Gasteiger partial charge in [-0.2, -0.15) is 0 Å². The topological polar surface area (TPSA) is 41.1 Å². The average molecular weight is 254 g/mol. The van der Waals surface area contributed by atoms with E-state index >= 15 is 0 Å². The van der Waals surface area contributed by atoms with Gasteiger partial charge in [0.25, 0.3) is 0 Å². The molecule has 0 saturated carbocycles. The van der Waals surface area contributed by atoms with Crippen LogP contribution < -0.4 is 10.6 Å². The van der Waals surface area contributed by atoms with E-state index in [4.69, 9.17) is 0 Å². The smallest absolute Gasteiger partial charge is 0.228 e. The lowest BCUT2D eigenvalue weighted by Crippen LogP contribution is -2.37. The molecule has 1 unspecified atom stereocenters. The van der Waals surface area contributed by atoms with E-state index in [9.17, 15) is 13.6 Å². The lowest BCUT2D eigenvalue weighted by Gasteiger charge is -2.22. The summed E-state index contributed by atoms with van der Waals surface area (Å²) in [5.41, 5.74) is 0.138. The monoisotopic (exact) mass is 254 g/mol. The highest BCUT2D eigenvalue weighted by Gasteiger charge is 2.22. The number of rotatable bonds is 2. The molecule has 3 nitrogen and oxygen atoms in total. The van der Waals surface area contributed by atoms with Crippen molar-refractivity contribution in [2.24, 2.45) is 5.92 Å². The van der Waals surface area contributed by atoms with Crippen LogP contribution in [0.3, 0.4) is 0 Å². The first-order valence-electron chi connectivity index (χ1n) is 6.05. The fraction of sp³-hybridized carbons (Fsp3) is 0.462. The first kappa shape index (κ1) is 13.0. The van der Waals surface area contributed by atoms with Gasteiger partial charge in [0.1, 0.15) is 11.6 Å². The summed E-state index contributed by atoms with van der Waals surface area (Å²) in [5.74, 6) is -1.56. The Morgan fingerprint density at radius 1 is 1.39 bits per heavy atom. The molecule has 0 spiro atoms. The number of aryl methyl sites for hydroxylation is 1. The average Bonchev–Trinajstić information content (AvgIpc) is 2.37. The summed E-state index contributed by atoms with van der Waals surface area (Å²) in [6, 6.07) is 2.11. The Hall–Kier alpha value is -1.49. The molecular formula is C13H16F2N2O. The highest BCUT2D eigenvalue weighted by atomic mass is 19.1. The van der Waals surface area contributed by atoms with E-state index < -0.39 is 11.6 Å². The van der Waals surface area contributed by atoms with Crippen molar-refractivity contribution in [3.63, 3.8) is 0 Å². The van der Waals surface area contributed by atoms with Crippen molar-refractivity contribution in [3.05, 3.63) is 29.3 Å². The van der Waals surface area contributed by atoms with Gasteiger partial charge in [-0.05, 0) is 37.9 Å². The zero-order chi connectivity index (χ0) is 13.1. The van der Waals surface area contributed by atoms with Gasteiger partial charge in [-0.15, -0.1) is 0 Å². The molecule has 0 bridgehead atoms. The number of benzene rings is 1. The Morgan fingerprint density at radius 2 is 2.17 bits per heavy atom.